The molecule has 0 spiro atoms. The number of rotatable bonds is 1. The second-order valence-electron chi connectivity index (χ2n) is 2.74. The number of hydrogen-bond donors (Lipinski definition) is 1. The van der Waals surface area contributed by atoms with Gasteiger partial charge in [-0.3, -0.25) is 4.79 Å². The van der Waals surface area contributed by atoms with Crippen LogP contribution in [0.25, 0.3) is 0 Å². The van der Waals surface area contributed by atoms with Crippen molar-refractivity contribution in [3.05, 3.63) is 24.5 Å². The van der Waals surface area contributed by atoms with Gasteiger partial charge < -0.3 is 9.88 Å². The van der Waals surface area contributed by atoms with E-state index in [0.717, 1.165) is 6.54 Å². The van der Waals surface area contributed by atoms with Gasteiger partial charge in [-0.15, -0.1) is 0 Å². The van der Waals surface area contributed by atoms with Crippen molar-refractivity contribution in [3.63, 3.8) is 0 Å². The molecule has 2 heterocycles. The predicted octanol–water partition coefficient (Wildman–Crippen LogP) is 0.201. The van der Waals surface area contributed by atoms with Crippen molar-refractivity contribution >= 4 is 5.78 Å². The largest absolute Gasteiger partial charge is 0.343 e. The Bertz CT molecular complexity index is 253. The summed E-state index contributed by atoms with van der Waals surface area (Å²) in [7, 11) is 0. The Morgan fingerprint density at radius 2 is 2.18 bits per heavy atom. The number of hydrogen-bond acceptors (Lipinski definition) is 2. The molecule has 1 atom stereocenters. The van der Waals surface area contributed by atoms with Crippen LogP contribution in [0, 0.1) is 0 Å². The minimum atomic E-state index is 0.0324. The minimum Gasteiger partial charge on any atom is -0.343 e. The summed E-state index contributed by atoms with van der Waals surface area (Å²) in [4.78, 5) is 11.2. The second-order valence-corrected chi connectivity index (χ2v) is 2.74. The highest BCUT2D eigenvalue weighted by Crippen LogP contribution is 2.10. The molecule has 1 aromatic rings. The fourth-order valence-corrected chi connectivity index (χ4v) is 1.39. The third kappa shape index (κ3) is 1.07. The van der Waals surface area contributed by atoms with Crippen molar-refractivity contribution in [1.82, 2.24) is 9.88 Å². The molecule has 3 heteroatoms. The molecule has 0 aromatic carbocycles. The van der Waals surface area contributed by atoms with E-state index in [1.165, 1.54) is 0 Å². The lowest BCUT2D eigenvalue weighted by molar-refractivity contribution is -0.118. The van der Waals surface area contributed by atoms with Gasteiger partial charge in [-0.2, -0.15) is 0 Å². The molecule has 0 bridgehead atoms. The first kappa shape index (κ1) is 6.61. The third-order valence-corrected chi connectivity index (χ3v) is 2.00. The zero-order valence-electron chi connectivity index (χ0n) is 6.16. The average Bonchev–Trinajstić information content (AvgIpc) is 2.55. The van der Waals surface area contributed by atoms with Crippen molar-refractivity contribution in [1.29, 1.82) is 0 Å². The van der Waals surface area contributed by atoms with E-state index >= 15 is 0 Å². The quantitative estimate of drug-likeness (QED) is 0.620. The van der Waals surface area contributed by atoms with Crippen LogP contribution in [-0.2, 0) is 4.79 Å². The summed E-state index contributed by atoms with van der Waals surface area (Å²) in [5.41, 5.74) is 0. The first-order chi connectivity index (χ1) is 5.38. The molecule has 2 rings (SSSR count). The summed E-state index contributed by atoms with van der Waals surface area (Å²) < 4.78 is 1.95. The number of Topliss-reactive ketones (excluding diaryl/α,β-unsaturated/α-hetero) is 1. The van der Waals surface area contributed by atoms with Gasteiger partial charge in [0.25, 0.3) is 0 Å². The predicted molar refractivity (Wildman–Crippen MR) is 41.3 cm³/mol. The molecular weight excluding hydrogens is 140 g/mol. The molecule has 58 valence electrons. The Hall–Kier alpha value is -1.09. The third-order valence-electron chi connectivity index (χ3n) is 2.00. The summed E-state index contributed by atoms with van der Waals surface area (Å²) in [5.74, 6) is 0.279. The molecule has 1 aliphatic heterocycles. The van der Waals surface area contributed by atoms with E-state index in [4.69, 9.17) is 0 Å². The minimum absolute atomic E-state index is 0.0324. The Kier molecular flexibility index (Phi) is 1.51. The van der Waals surface area contributed by atoms with Crippen LogP contribution in [0.3, 0.4) is 0 Å². The topological polar surface area (TPSA) is 34.0 Å². The molecular formula is C8H10N2O. The molecule has 11 heavy (non-hydrogen) atoms. The van der Waals surface area contributed by atoms with E-state index in [9.17, 15) is 4.79 Å². The summed E-state index contributed by atoms with van der Waals surface area (Å²) >= 11 is 0. The molecule has 1 saturated heterocycles. The molecule has 0 saturated carbocycles. The van der Waals surface area contributed by atoms with E-state index in [1.807, 2.05) is 29.1 Å². The van der Waals surface area contributed by atoms with Crippen LogP contribution in [0.2, 0.25) is 0 Å². The lowest BCUT2D eigenvalue weighted by Gasteiger charge is -2.07. The van der Waals surface area contributed by atoms with Gasteiger partial charge in [-0.25, -0.2) is 0 Å². The lowest BCUT2D eigenvalue weighted by Crippen LogP contribution is -2.15. The monoisotopic (exact) mass is 150 g/mol. The van der Waals surface area contributed by atoms with Crippen molar-refractivity contribution in [3.8, 4) is 0 Å². The van der Waals surface area contributed by atoms with Crippen molar-refractivity contribution in [2.24, 2.45) is 0 Å². The maximum Gasteiger partial charge on any atom is 0.170 e. The van der Waals surface area contributed by atoms with Crippen LogP contribution >= 0.6 is 0 Å². The van der Waals surface area contributed by atoms with Gasteiger partial charge in [0.1, 0.15) is 6.04 Å². The Morgan fingerprint density at radius 3 is 2.73 bits per heavy atom. The van der Waals surface area contributed by atoms with Crippen molar-refractivity contribution in [2.75, 3.05) is 13.1 Å². The number of ketones is 1. The number of carbonyl (C=O) groups is 1. The van der Waals surface area contributed by atoms with Gasteiger partial charge in [0.2, 0.25) is 0 Å². The van der Waals surface area contributed by atoms with Crippen molar-refractivity contribution < 1.29 is 4.79 Å². The molecule has 1 fully saturated rings. The second kappa shape index (κ2) is 2.51. The molecule has 0 radical (unpaired) electrons. The van der Waals surface area contributed by atoms with Crippen LogP contribution in [0.15, 0.2) is 24.5 Å². The van der Waals surface area contributed by atoms with Gasteiger partial charge in [0.05, 0.1) is 6.54 Å². The zero-order chi connectivity index (χ0) is 7.68. The van der Waals surface area contributed by atoms with E-state index in [-0.39, 0.29) is 11.8 Å². The van der Waals surface area contributed by atoms with Crippen LogP contribution in [0.1, 0.15) is 6.04 Å². The fourth-order valence-electron chi connectivity index (χ4n) is 1.39. The number of nitrogens with zero attached hydrogens (tertiary/aromatic N) is 1. The smallest absolute Gasteiger partial charge is 0.170 e. The van der Waals surface area contributed by atoms with Crippen LogP contribution < -0.4 is 5.32 Å². The summed E-state index contributed by atoms with van der Waals surface area (Å²) in [6.45, 7) is 1.29. The van der Waals surface area contributed by atoms with Crippen LogP contribution in [-0.4, -0.2) is 23.4 Å². The van der Waals surface area contributed by atoms with Gasteiger partial charge >= 0.3 is 0 Å². The van der Waals surface area contributed by atoms with E-state index in [0.29, 0.717) is 6.54 Å². The number of aromatic nitrogens is 1. The SMILES string of the molecule is O=C1CNCC1n1cccc1. The molecule has 1 unspecified atom stereocenters. The highest BCUT2D eigenvalue weighted by atomic mass is 16.1. The van der Waals surface area contributed by atoms with Crippen LogP contribution in [0.4, 0.5) is 0 Å². The molecule has 0 amide bonds. The molecule has 0 aliphatic carbocycles. The zero-order valence-corrected chi connectivity index (χ0v) is 6.16. The summed E-state index contributed by atoms with van der Waals surface area (Å²) in [6.07, 6.45) is 3.85. The summed E-state index contributed by atoms with van der Waals surface area (Å²) in [6, 6.07) is 3.90. The van der Waals surface area contributed by atoms with E-state index in [2.05, 4.69) is 5.32 Å². The first-order valence-electron chi connectivity index (χ1n) is 3.74. The Balaban J connectivity index is 2.23. The van der Waals surface area contributed by atoms with Crippen LogP contribution in [0.5, 0.6) is 0 Å². The van der Waals surface area contributed by atoms with Crippen molar-refractivity contribution in [2.45, 2.75) is 6.04 Å². The maximum atomic E-state index is 11.2. The number of carbonyl (C=O) groups excluding carboxylic acids is 1. The standard InChI is InChI=1S/C8H10N2O/c11-8-6-9-5-7(8)10-3-1-2-4-10/h1-4,7,9H,5-6H2. The average molecular weight is 150 g/mol. The van der Waals surface area contributed by atoms with Gasteiger partial charge in [-0.1, -0.05) is 0 Å². The van der Waals surface area contributed by atoms with Gasteiger partial charge in [-0.05, 0) is 12.1 Å². The molecule has 1 aromatic heterocycles. The first-order valence-corrected chi connectivity index (χ1v) is 3.74. The maximum absolute atomic E-state index is 11.2. The fraction of sp³-hybridized carbons (Fsp3) is 0.375. The van der Waals surface area contributed by atoms with Gasteiger partial charge in [0.15, 0.2) is 5.78 Å². The van der Waals surface area contributed by atoms with Gasteiger partial charge in [0, 0.05) is 18.9 Å². The van der Waals surface area contributed by atoms with E-state index in [1.54, 1.807) is 0 Å². The number of nitrogens with one attached hydrogen (secondary N) is 1. The molecule has 1 aliphatic rings. The normalized spacial score (nSPS) is 24.4. The Morgan fingerprint density at radius 1 is 1.45 bits per heavy atom. The molecule has 1 N–H and O–H groups in total. The highest BCUT2D eigenvalue weighted by molar-refractivity contribution is 5.86. The highest BCUT2D eigenvalue weighted by Gasteiger charge is 2.24. The molecule has 3 nitrogen and oxygen atoms in total. The summed E-state index contributed by atoms with van der Waals surface area (Å²) in [5, 5.41) is 3.04. The Labute approximate surface area is 65.0 Å². The van der Waals surface area contributed by atoms with E-state index < -0.39 is 0 Å². The lowest BCUT2D eigenvalue weighted by atomic mass is 10.2.